The Morgan fingerprint density at radius 2 is 1.88 bits per heavy atom. The molecule has 3 N–H and O–H groups in total. The molecule has 16 heavy (non-hydrogen) atoms. The van der Waals surface area contributed by atoms with Gasteiger partial charge in [0.25, 0.3) is 5.91 Å². The van der Waals surface area contributed by atoms with Gasteiger partial charge in [-0.1, -0.05) is 27.7 Å². The monoisotopic (exact) mass is 224 g/mol. The Morgan fingerprint density at radius 3 is 2.25 bits per heavy atom. The third-order valence-electron chi connectivity index (χ3n) is 4.03. The van der Waals surface area contributed by atoms with Crippen molar-refractivity contribution >= 4 is 11.7 Å². The lowest BCUT2D eigenvalue weighted by Gasteiger charge is -2.03. The highest BCUT2D eigenvalue weighted by Crippen LogP contribution is 2.62. The van der Waals surface area contributed by atoms with Gasteiger partial charge in [0.05, 0.1) is 0 Å². The summed E-state index contributed by atoms with van der Waals surface area (Å²) in [5.41, 5.74) is 5.65. The molecule has 1 heterocycles. The lowest BCUT2D eigenvalue weighted by Crippen LogP contribution is -2.30. The highest BCUT2D eigenvalue weighted by atomic mass is 16.6. The molecule has 6 heteroatoms. The molecule has 0 saturated heterocycles. The van der Waals surface area contributed by atoms with Gasteiger partial charge in [0.1, 0.15) is 0 Å². The van der Waals surface area contributed by atoms with E-state index in [4.69, 9.17) is 5.73 Å². The van der Waals surface area contributed by atoms with Gasteiger partial charge >= 0.3 is 0 Å². The molecule has 1 aliphatic carbocycles. The quantitative estimate of drug-likeness (QED) is 0.775. The van der Waals surface area contributed by atoms with Gasteiger partial charge in [-0.3, -0.25) is 4.79 Å². The predicted octanol–water partition coefficient (Wildman–Crippen LogP) is 0.816. The summed E-state index contributed by atoms with van der Waals surface area (Å²) < 4.78 is 4.39. The molecule has 0 unspecified atom stereocenters. The van der Waals surface area contributed by atoms with Gasteiger partial charge in [-0.15, -0.1) is 0 Å². The van der Waals surface area contributed by atoms with Crippen molar-refractivity contribution in [3.63, 3.8) is 0 Å². The van der Waals surface area contributed by atoms with Crippen molar-refractivity contribution < 1.29 is 9.42 Å². The van der Waals surface area contributed by atoms with Crippen molar-refractivity contribution in [2.45, 2.75) is 33.7 Å². The van der Waals surface area contributed by atoms with Gasteiger partial charge in [0.2, 0.25) is 11.5 Å². The minimum absolute atomic E-state index is 0.0220. The topological polar surface area (TPSA) is 94.0 Å². The summed E-state index contributed by atoms with van der Waals surface area (Å²) >= 11 is 0. The SMILES string of the molecule is CC1(C)C(NC(=O)c2nonc2N)C1(C)C. The molecular formula is C10H16N4O2. The molecule has 0 spiro atoms. The summed E-state index contributed by atoms with van der Waals surface area (Å²) in [5.74, 6) is -0.309. The average Bonchev–Trinajstić information content (AvgIpc) is 2.57. The van der Waals surface area contributed by atoms with Crippen molar-refractivity contribution in [3.05, 3.63) is 5.69 Å². The molecule has 0 atom stereocenters. The molecule has 0 bridgehead atoms. The highest BCUT2D eigenvalue weighted by Gasteiger charge is 2.65. The van der Waals surface area contributed by atoms with Crippen LogP contribution in [0.2, 0.25) is 0 Å². The molecule has 0 aromatic carbocycles. The van der Waals surface area contributed by atoms with Crippen LogP contribution in [0, 0.1) is 10.8 Å². The van der Waals surface area contributed by atoms with Gasteiger partial charge in [0.15, 0.2) is 0 Å². The van der Waals surface area contributed by atoms with E-state index in [0.717, 1.165) is 0 Å². The summed E-state index contributed by atoms with van der Waals surface area (Å²) in [6, 6.07) is 0.114. The van der Waals surface area contributed by atoms with Crippen LogP contribution in [0.5, 0.6) is 0 Å². The second-order valence-corrected chi connectivity index (χ2v) is 5.35. The number of nitrogen functional groups attached to an aromatic ring is 1. The summed E-state index contributed by atoms with van der Waals surface area (Å²) in [6.45, 7) is 8.45. The first-order valence-electron chi connectivity index (χ1n) is 5.17. The van der Waals surface area contributed by atoms with E-state index in [1.807, 2.05) is 0 Å². The van der Waals surface area contributed by atoms with Gasteiger partial charge in [-0.25, -0.2) is 4.63 Å². The van der Waals surface area contributed by atoms with Crippen LogP contribution in [0.1, 0.15) is 38.2 Å². The lowest BCUT2D eigenvalue weighted by molar-refractivity contribution is 0.0934. The molecular weight excluding hydrogens is 208 g/mol. The van der Waals surface area contributed by atoms with Gasteiger partial charge in [0, 0.05) is 6.04 Å². The van der Waals surface area contributed by atoms with Gasteiger partial charge in [-0.05, 0) is 21.1 Å². The predicted molar refractivity (Wildman–Crippen MR) is 57.5 cm³/mol. The van der Waals surface area contributed by atoms with E-state index in [1.165, 1.54) is 0 Å². The number of nitrogens with one attached hydrogen (secondary N) is 1. The summed E-state index contributed by atoms with van der Waals surface area (Å²) in [4.78, 5) is 11.8. The van der Waals surface area contributed by atoms with Crippen LogP contribution in [-0.4, -0.2) is 22.3 Å². The fraction of sp³-hybridized carbons (Fsp3) is 0.700. The maximum atomic E-state index is 11.8. The molecule has 1 aliphatic rings. The molecule has 1 amide bonds. The van der Waals surface area contributed by atoms with E-state index in [-0.39, 0.29) is 34.3 Å². The summed E-state index contributed by atoms with van der Waals surface area (Å²) in [5, 5.41) is 9.73. The highest BCUT2D eigenvalue weighted by molar-refractivity contribution is 5.96. The Kier molecular flexibility index (Phi) is 2.02. The number of aromatic nitrogens is 2. The second-order valence-electron chi connectivity index (χ2n) is 5.35. The smallest absolute Gasteiger partial charge is 0.277 e. The van der Waals surface area contributed by atoms with E-state index in [1.54, 1.807) is 0 Å². The van der Waals surface area contributed by atoms with Crippen LogP contribution in [0.25, 0.3) is 0 Å². The number of anilines is 1. The molecule has 1 aromatic rings. The van der Waals surface area contributed by atoms with Crippen LogP contribution >= 0.6 is 0 Å². The van der Waals surface area contributed by atoms with Gasteiger partial charge in [-0.2, -0.15) is 0 Å². The average molecular weight is 224 g/mol. The summed E-state index contributed by atoms with van der Waals surface area (Å²) in [7, 11) is 0. The maximum Gasteiger partial charge on any atom is 0.277 e. The fourth-order valence-corrected chi connectivity index (χ4v) is 2.11. The first-order chi connectivity index (χ1) is 7.28. The van der Waals surface area contributed by atoms with Crippen molar-refractivity contribution in [1.82, 2.24) is 15.6 Å². The molecule has 0 radical (unpaired) electrons. The van der Waals surface area contributed by atoms with E-state index in [9.17, 15) is 4.79 Å². The second kappa shape index (κ2) is 2.96. The number of hydrogen-bond donors (Lipinski definition) is 2. The summed E-state index contributed by atoms with van der Waals surface area (Å²) in [6.07, 6.45) is 0. The zero-order valence-corrected chi connectivity index (χ0v) is 9.87. The Balaban J connectivity index is 2.09. The largest absolute Gasteiger partial charge is 0.379 e. The number of nitrogens with two attached hydrogens (primary N) is 1. The minimum Gasteiger partial charge on any atom is -0.379 e. The van der Waals surface area contributed by atoms with Crippen molar-refractivity contribution in [3.8, 4) is 0 Å². The third kappa shape index (κ3) is 1.29. The zero-order chi connectivity index (χ0) is 12.1. The third-order valence-corrected chi connectivity index (χ3v) is 4.03. The molecule has 1 aromatic heterocycles. The standard InChI is InChI=1S/C10H16N4O2/c1-9(2)8(10(9,3)4)12-7(15)5-6(11)14-16-13-5/h8H,1-4H3,(H2,11,14)(H,12,15). The molecule has 88 valence electrons. The van der Waals surface area contributed by atoms with Crippen LogP contribution in [0.3, 0.4) is 0 Å². The number of carbonyl (C=O) groups is 1. The number of nitrogens with zero attached hydrogens (tertiary/aromatic N) is 2. The minimum atomic E-state index is -0.331. The van der Waals surface area contributed by atoms with E-state index >= 15 is 0 Å². The molecule has 1 fully saturated rings. The van der Waals surface area contributed by atoms with Crippen molar-refractivity contribution in [2.75, 3.05) is 5.73 Å². The lowest BCUT2D eigenvalue weighted by atomic mass is 10.0. The Bertz CT molecular complexity index is 422. The van der Waals surface area contributed by atoms with Crippen molar-refractivity contribution in [1.29, 1.82) is 0 Å². The van der Waals surface area contributed by atoms with Crippen LogP contribution in [0.15, 0.2) is 4.63 Å². The zero-order valence-electron chi connectivity index (χ0n) is 9.87. The molecule has 1 saturated carbocycles. The Morgan fingerprint density at radius 1 is 1.31 bits per heavy atom. The first kappa shape index (κ1) is 10.9. The van der Waals surface area contributed by atoms with E-state index in [0.29, 0.717) is 0 Å². The number of carbonyl (C=O) groups excluding carboxylic acids is 1. The number of amides is 1. The van der Waals surface area contributed by atoms with Crippen LogP contribution in [-0.2, 0) is 0 Å². The van der Waals surface area contributed by atoms with E-state index < -0.39 is 0 Å². The molecule has 2 rings (SSSR count). The first-order valence-corrected chi connectivity index (χ1v) is 5.17. The number of hydrogen-bond acceptors (Lipinski definition) is 5. The van der Waals surface area contributed by atoms with Crippen molar-refractivity contribution in [2.24, 2.45) is 10.8 Å². The maximum absolute atomic E-state index is 11.8. The Hall–Kier alpha value is -1.59. The van der Waals surface area contributed by atoms with E-state index in [2.05, 4.69) is 48.0 Å². The molecule has 6 nitrogen and oxygen atoms in total. The fourth-order valence-electron chi connectivity index (χ4n) is 2.11. The van der Waals surface area contributed by atoms with Crippen LogP contribution < -0.4 is 11.1 Å². The number of rotatable bonds is 2. The van der Waals surface area contributed by atoms with Gasteiger partial charge < -0.3 is 11.1 Å². The Labute approximate surface area is 93.5 Å². The normalized spacial score (nSPS) is 21.8. The van der Waals surface area contributed by atoms with Crippen LogP contribution in [0.4, 0.5) is 5.82 Å². The molecule has 0 aliphatic heterocycles.